The normalized spacial score (nSPS) is 26.4. The third-order valence-electron chi connectivity index (χ3n) is 6.61. The van der Waals surface area contributed by atoms with Crippen LogP contribution in [-0.2, 0) is 4.79 Å². The van der Waals surface area contributed by atoms with Gasteiger partial charge in [0, 0.05) is 24.1 Å². The summed E-state index contributed by atoms with van der Waals surface area (Å²) in [6.45, 7) is 3.09. The van der Waals surface area contributed by atoms with Crippen molar-refractivity contribution in [2.45, 2.75) is 50.7 Å². The van der Waals surface area contributed by atoms with Gasteiger partial charge in [0.15, 0.2) is 0 Å². The molecule has 0 aromatic heterocycles. The first-order valence-corrected chi connectivity index (χ1v) is 11.1. The lowest BCUT2D eigenvalue weighted by atomic mass is 9.66. The van der Waals surface area contributed by atoms with Crippen LogP contribution in [0.1, 0.15) is 56.2 Å². The molecule has 1 aliphatic heterocycles. The van der Waals surface area contributed by atoms with Crippen LogP contribution >= 0.6 is 0 Å². The lowest BCUT2D eigenvalue weighted by Gasteiger charge is -2.52. The van der Waals surface area contributed by atoms with Gasteiger partial charge < -0.3 is 14.7 Å². The zero-order valence-electron chi connectivity index (χ0n) is 17.7. The van der Waals surface area contributed by atoms with Gasteiger partial charge in [-0.1, -0.05) is 61.4 Å². The first-order valence-electron chi connectivity index (χ1n) is 11.1. The van der Waals surface area contributed by atoms with Crippen molar-refractivity contribution in [3.8, 4) is 5.75 Å². The van der Waals surface area contributed by atoms with Gasteiger partial charge in [0.05, 0.1) is 18.2 Å². The molecule has 158 valence electrons. The molecule has 1 heterocycles. The van der Waals surface area contributed by atoms with Gasteiger partial charge in [-0.2, -0.15) is 0 Å². The summed E-state index contributed by atoms with van der Waals surface area (Å²) in [4.78, 5) is 15.3. The van der Waals surface area contributed by atoms with Crippen molar-refractivity contribution in [3.05, 3.63) is 71.8 Å². The Hall–Kier alpha value is -2.59. The van der Waals surface area contributed by atoms with E-state index in [2.05, 4.69) is 6.07 Å². The van der Waals surface area contributed by atoms with Gasteiger partial charge in [0.1, 0.15) is 5.75 Å². The molecule has 0 bridgehead atoms. The zero-order chi connectivity index (χ0) is 21.0. The largest absolute Gasteiger partial charge is 0.494 e. The minimum Gasteiger partial charge on any atom is -0.494 e. The number of carbonyl (C=O) groups excluding carboxylic acids is 1. The molecule has 30 heavy (non-hydrogen) atoms. The van der Waals surface area contributed by atoms with Crippen LogP contribution in [0.3, 0.4) is 0 Å². The molecule has 4 rings (SSSR count). The van der Waals surface area contributed by atoms with Gasteiger partial charge in [-0.15, -0.1) is 0 Å². The molecule has 2 aromatic rings. The molecule has 1 amide bonds. The second-order valence-electron chi connectivity index (χ2n) is 8.40. The van der Waals surface area contributed by atoms with Gasteiger partial charge in [-0.05, 0) is 43.9 Å². The average molecular weight is 406 g/mol. The highest BCUT2D eigenvalue weighted by Crippen LogP contribution is 2.50. The SMILES string of the molecule is CCOc1ccccc1C1C2CCCCC2(O)CCN1C(=O)C=Cc1ccccc1. The maximum atomic E-state index is 13.3. The monoisotopic (exact) mass is 405 g/mol. The number of nitrogens with zero attached hydrogens (tertiary/aromatic N) is 1. The van der Waals surface area contributed by atoms with Crippen molar-refractivity contribution < 1.29 is 14.6 Å². The molecule has 3 unspecified atom stereocenters. The maximum Gasteiger partial charge on any atom is 0.247 e. The molecule has 2 aromatic carbocycles. The van der Waals surface area contributed by atoms with E-state index in [1.54, 1.807) is 6.08 Å². The lowest BCUT2D eigenvalue weighted by Crippen LogP contribution is -2.56. The number of ether oxygens (including phenoxy) is 1. The standard InChI is InChI=1S/C26H31NO3/c1-2-30-23-14-7-6-12-21(23)25-22-13-8-9-17-26(22,29)18-19-27(25)24(28)16-15-20-10-4-3-5-11-20/h3-7,10-12,14-16,22,25,29H,2,8-9,13,17-19H2,1H3. The second-order valence-corrected chi connectivity index (χ2v) is 8.40. The number of fused-ring (bicyclic) bond motifs is 1. The van der Waals surface area contributed by atoms with Gasteiger partial charge in [0.2, 0.25) is 5.91 Å². The number of amides is 1. The number of aliphatic hydroxyl groups is 1. The number of hydrogen-bond acceptors (Lipinski definition) is 3. The molecule has 1 N–H and O–H groups in total. The van der Waals surface area contributed by atoms with Crippen molar-refractivity contribution >= 4 is 12.0 Å². The number of rotatable bonds is 5. The average Bonchev–Trinajstić information content (AvgIpc) is 2.78. The molecular weight excluding hydrogens is 374 g/mol. The van der Waals surface area contributed by atoms with E-state index in [1.807, 2.05) is 66.4 Å². The molecule has 1 saturated carbocycles. The van der Waals surface area contributed by atoms with Crippen molar-refractivity contribution in [1.29, 1.82) is 0 Å². The van der Waals surface area contributed by atoms with Crippen molar-refractivity contribution in [1.82, 2.24) is 4.90 Å². The Balaban J connectivity index is 1.70. The van der Waals surface area contributed by atoms with Gasteiger partial charge in [-0.3, -0.25) is 4.79 Å². The Morgan fingerprint density at radius 3 is 2.70 bits per heavy atom. The number of piperidine rings is 1. The summed E-state index contributed by atoms with van der Waals surface area (Å²) in [5.74, 6) is 0.822. The Labute approximate surface area is 179 Å². The fraction of sp³-hybridized carbons (Fsp3) is 0.423. The highest BCUT2D eigenvalue weighted by atomic mass is 16.5. The Morgan fingerprint density at radius 1 is 1.13 bits per heavy atom. The summed E-state index contributed by atoms with van der Waals surface area (Å²) in [7, 11) is 0. The predicted molar refractivity (Wildman–Crippen MR) is 119 cm³/mol. The molecule has 3 atom stereocenters. The summed E-state index contributed by atoms with van der Waals surface area (Å²) in [5, 5.41) is 11.5. The molecule has 4 heteroatoms. The van der Waals surface area contributed by atoms with Crippen LogP contribution in [0.4, 0.5) is 0 Å². The van der Waals surface area contributed by atoms with E-state index in [9.17, 15) is 9.90 Å². The number of benzene rings is 2. The van der Waals surface area contributed by atoms with Crippen LogP contribution in [0.2, 0.25) is 0 Å². The summed E-state index contributed by atoms with van der Waals surface area (Å²) in [6.07, 6.45) is 8.04. The lowest BCUT2D eigenvalue weighted by molar-refractivity contribution is -0.151. The van der Waals surface area contributed by atoms with Crippen LogP contribution in [0.5, 0.6) is 5.75 Å². The summed E-state index contributed by atoms with van der Waals surface area (Å²) in [5.41, 5.74) is 1.30. The van der Waals surface area contributed by atoms with Crippen molar-refractivity contribution in [3.63, 3.8) is 0 Å². The third kappa shape index (κ3) is 4.15. The number of likely N-dealkylation sites (tertiary alicyclic amines) is 1. The molecule has 0 spiro atoms. The molecular formula is C26H31NO3. The minimum absolute atomic E-state index is 0.0113. The Bertz CT molecular complexity index is 894. The molecule has 1 aliphatic carbocycles. The Kier molecular flexibility index (Phi) is 6.24. The maximum absolute atomic E-state index is 13.3. The van der Waals surface area contributed by atoms with Crippen molar-refractivity contribution in [2.75, 3.05) is 13.2 Å². The summed E-state index contributed by atoms with van der Waals surface area (Å²) < 4.78 is 5.92. The molecule has 2 fully saturated rings. The van der Waals surface area contributed by atoms with Gasteiger partial charge >= 0.3 is 0 Å². The van der Waals surface area contributed by atoms with Crippen LogP contribution in [0.25, 0.3) is 6.08 Å². The minimum atomic E-state index is -0.706. The molecule has 0 radical (unpaired) electrons. The highest BCUT2D eigenvalue weighted by molar-refractivity contribution is 5.92. The van der Waals surface area contributed by atoms with E-state index < -0.39 is 5.60 Å². The smallest absolute Gasteiger partial charge is 0.247 e. The molecule has 2 aliphatic rings. The first kappa shape index (κ1) is 20.7. The van der Waals surface area contributed by atoms with Crippen LogP contribution < -0.4 is 4.74 Å². The number of carbonyl (C=O) groups is 1. The zero-order valence-corrected chi connectivity index (χ0v) is 17.7. The van der Waals surface area contributed by atoms with E-state index in [0.29, 0.717) is 19.6 Å². The summed E-state index contributed by atoms with van der Waals surface area (Å²) in [6, 6.07) is 17.7. The highest BCUT2D eigenvalue weighted by Gasteiger charge is 2.50. The fourth-order valence-corrected chi connectivity index (χ4v) is 5.15. The van der Waals surface area contributed by atoms with Gasteiger partial charge in [-0.25, -0.2) is 0 Å². The third-order valence-corrected chi connectivity index (χ3v) is 6.61. The van der Waals surface area contributed by atoms with Gasteiger partial charge in [0.25, 0.3) is 0 Å². The van der Waals surface area contributed by atoms with Crippen LogP contribution in [0, 0.1) is 5.92 Å². The predicted octanol–water partition coefficient (Wildman–Crippen LogP) is 4.99. The van der Waals surface area contributed by atoms with Crippen LogP contribution in [0.15, 0.2) is 60.7 Å². The molecule has 4 nitrogen and oxygen atoms in total. The topological polar surface area (TPSA) is 49.8 Å². The van der Waals surface area contributed by atoms with Crippen molar-refractivity contribution in [2.24, 2.45) is 5.92 Å². The van der Waals surface area contributed by atoms with E-state index in [1.165, 1.54) is 0 Å². The number of para-hydroxylation sites is 1. The number of hydrogen-bond donors (Lipinski definition) is 1. The Morgan fingerprint density at radius 2 is 1.90 bits per heavy atom. The fourth-order valence-electron chi connectivity index (χ4n) is 5.15. The van der Waals surface area contributed by atoms with E-state index in [-0.39, 0.29) is 17.9 Å². The first-order chi connectivity index (χ1) is 14.6. The van der Waals surface area contributed by atoms with Crippen LogP contribution in [-0.4, -0.2) is 34.7 Å². The molecule has 1 saturated heterocycles. The summed E-state index contributed by atoms with van der Waals surface area (Å²) >= 11 is 0. The van der Waals surface area contributed by atoms with E-state index in [4.69, 9.17) is 4.74 Å². The quantitative estimate of drug-likeness (QED) is 0.713. The van der Waals surface area contributed by atoms with E-state index in [0.717, 1.165) is 42.6 Å². The second kappa shape index (κ2) is 9.05. The van der Waals surface area contributed by atoms with E-state index >= 15 is 0 Å².